The number of nitrogens with zero attached hydrogens (tertiary/aromatic N) is 3. The van der Waals surface area contributed by atoms with Crippen molar-refractivity contribution < 1.29 is 0 Å². The zero-order valence-electron chi connectivity index (χ0n) is 27.4. The van der Waals surface area contributed by atoms with Crippen LogP contribution >= 0.6 is 0 Å². The molecule has 0 radical (unpaired) electrons. The SMILES string of the molecule is NC(=NC(=NCn1c2ccccc2c2cc(-c3ccc4c(c3)C3C=CC=CC43Nc3ccccc3)ccc21)c1ccccc1)c1ccccc1. The molecule has 2 aliphatic carbocycles. The molecule has 2 unspecified atom stereocenters. The predicted octanol–water partition coefficient (Wildman–Crippen LogP) is 9.80. The Morgan fingerprint density at radius 2 is 1.32 bits per heavy atom. The van der Waals surface area contributed by atoms with Crippen molar-refractivity contribution in [2.45, 2.75) is 18.1 Å². The molecule has 9 rings (SSSR count). The number of fused-ring (bicyclic) bond motifs is 7. The van der Waals surface area contributed by atoms with E-state index in [2.05, 4.69) is 125 Å². The molecule has 0 saturated carbocycles. The summed E-state index contributed by atoms with van der Waals surface area (Å²) in [6.45, 7) is 0.399. The van der Waals surface area contributed by atoms with E-state index in [0.717, 1.165) is 27.8 Å². The van der Waals surface area contributed by atoms with Crippen LogP contribution in [-0.2, 0) is 12.2 Å². The second-order valence-corrected chi connectivity index (χ2v) is 12.9. The third kappa shape index (κ3) is 5.03. The maximum absolute atomic E-state index is 6.49. The average Bonchev–Trinajstić information content (AvgIpc) is 3.49. The molecule has 240 valence electrons. The van der Waals surface area contributed by atoms with Gasteiger partial charge in [-0.3, -0.25) is 0 Å². The van der Waals surface area contributed by atoms with Crippen molar-refractivity contribution in [3.63, 3.8) is 0 Å². The quantitative estimate of drug-likeness (QED) is 0.134. The van der Waals surface area contributed by atoms with Gasteiger partial charge in [-0.2, -0.15) is 0 Å². The summed E-state index contributed by atoms with van der Waals surface area (Å²) >= 11 is 0. The van der Waals surface area contributed by atoms with Crippen LogP contribution in [0.15, 0.2) is 186 Å². The number of amidine groups is 2. The smallest absolute Gasteiger partial charge is 0.158 e. The van der Waals surface area contributed by atoms with Crippen molar-refractivity contribution >= 4 is 39.2 Å². The molecule has 7 aromatic rings. The number of benzene rings is 6. The fourth-order valence-corrected chi connectivity index (χ4v) is 7.58. The lowest BCUT2D eigenvalue weighted by atomic mass is 9.59. The molecule has 3 N–H and O–H groups in total. The first kappa shape index (κ1) is 29.7. The monoisotopic (exact) mass is 645 g/mol. The van der Waals surface area contributed by atoms with Gasteiger partial charge >= 0.3 is 0 Å². The standard InChI is InChI=1S/C45H35N5/c46-43(31-14-4-1-5-15-31)48-44(32-16-6-2-7-17-32)47-30-50-41-22-11-10-20-36(41)37-28-34(24-26-42(37)50)33-23-25-40-38(29-33)39-21-12-13-27-45(39,40)49-35-18-8-3-9-19-35/h1-29,39,49H,30H2,(H2,46,47,48). The molecule has 0 amide bonds. The van der Waals surface area contributed by atoms with Gasteiger partial charge in [0.2, 0.25) is 0 Å². The highest BCUT2D eigenvalue weighted by Gasteiger charge is 2.49. The molecule has 1 heterocycles. The number of aliphatic imine (C=N–C) groups is 2. The van der Waals surface area contributed by atoms with Crippen LogP contribution in [0.4, 0.5) is 5.69 Å². The number of nitrogens with one attached hydrogen (secondary N) is 1. The lowest BCUT2D eigenvalue weighted by molar-refractivity contribution is 0.467. The number of para-hydroxylation sites is 2. The van der Waals surface area contributed by atoms with E-state index in [1.165, 1.54) is 33.0 Å². The third-order valence-electron chi connectivity index (χ3n) is 10.0. The number of anilines is 1. The van der Waals surface area contributed by atoms with Crippen LogP contribution in [0.25, 0.3) is 32.9 Å². The van der Waals surface area contributed by atoms with Crippen molar-refractivity contribution in [1.29, 1.82) is 0 Å². The Hall–Kier alpha value is -6.46. The first-order chi connectivity index (χ1) is 24.7. The molecule has 2 atom stereocenters. The summed E-state index contributed by atoms with van der Waals surface area (Å²) in [4.78, 5) is 9.91. The van der Waals surface area contributed by atoms with Crippen LogP contribution in [0.1, 0.15) is 28.2 Å². The third-order valence-corrected chi connectivity index (χ3v) is 10.0. The first-order valence-electron chi connectivity index (χ1n) is 17.0. The minimum atomic E-state index is -0.226. The molecule has 5 heteroatoms. The van der Waals surface area contributed by atoms with Crippen molar-refractivity contribution in [2.24, 2.45) is 15.7 Å². The zero-order valence-corrected chi connectivity index (χ0v) is 27.4. The fraction of sp³-hybridized carbons (Fsp3) is 0.0667. The molecule has 0 aliphatic heterocycles. The summed E-state index contributed by atoms with van der Waals surface area (Å²) in [5, 5.41) is 6.24. The summed E-state index contributed by atoms with van der Waals surface area (Å²) in [7, 11) is 0. The number of nitrogens with two attached hydrogens (primary N) is 1. The summed E-state index contributed by atoms with van der Waals surface area (Å²) < 4.78 is 2.27. The van der Waals surface area contributed by atoms with E-state index >= 15 is 0 Å². The molecule has 0 fully saturated rings. The number of rotatable bonds is 7. The second kappa shape index (κ2) is 12.2. The fourth-order valence-electron chi connectivity index (χ4n) is 7.58. The summed E-state index contributed by atoms with van der Waals surface area (Å²) in [6.07, 6.45) is 8.95. The number of hydrogen-bond acceptors (Lipinski definition) is 2. The van der Waals surface area contributed by atoms with E-state index in [9.17, 15) is 0 Å². The molecule has 2 aliphatic rings. The lowest BCUT2D eigenvalue weighted by Crippen LogP contribution is -2.48. The molecule has 0 saturated heterocycles. The maximum atomic E-state index is 6.49. The predicted molar refractivity (Wildman–Crippen MR) is 208 cm³/mol. The van der Waals surface area contributed by atoms with Gasteiger partial charge in [0.15, 0.2) is 5.84 Å². The molecule has 50 heavy (non-hydrogen) atoms. The van der Waals surface area contributed by atoms with Crippen molar-refractivity contribution in [1.82, 2.24) is 4.57 Å². The van der Waals surface area contributed by atoms with Crippen LogP contribution < -0.4 is 11.1 Å². The minimum absolute atomic E-state index is 0.226. The van der Waals surface area contributed by atoms with Crippen LogP contribution in [0.5, 0.6) is 0 Å². The summed E-state index contributed by atoms with van der Waals surface area (Å²) in [6, 6.07) is 52.7. The Bertz CT molecular complexity index is 2490. The highest BCUT2D eigenvalue weighted by Crippen LogP contribution is 2.55. The normalized spacial score (nSPS) is 18.1. The van der Waals surface area contributed by atoms with E-state index < -0.39 is 0 Å². The Morgan fingerprint density at radius 3 is 2.12 bits per heavy atom. The molecular weight excluding hydrogens is 611 g/mol. The highest BCUT2D eigenvalue weighted by molar-refractivity contribution is 6.11. The van der Waals surface area contributed by atoms with Gasteiger partial charge in [-0.05, 0) is 52.6 Å². The molecular formula is C45H35N5. The summed E-state index contributed by atoms with van der Waals surface area (Å²) in [5.74, 6) is 1.30. The molecule has 0 bridgehead atoms. The molecule has 1 aromatic heterocycles. The summed E-state index contributed by atoms with van der Waals surface area (Å²) in [5.41, 5.74) is 16.5. The van der Waals surface area contributed by atoms with E-state index in [-0.39, 0.29) is 11.5 Å². The Balaban J connectivity index is 1.09. The van der Waals surface area contributed by atoms with Crippen LogP contribution in [0, 0.1) is 0 Å². The van der Waals surface area contributed by atoms with Gasteiger partial charge in [0.05, 0.1) is 16.6 Å². The van der Waals surface area contributed by atoms with Crippen molar-refractivity contribution in [3.8, 4) is 11.1 Å². The zero-order chi connectivity index (χ0) is 33.5. The van der Waals surface area contributed by atoms with Crippen LogP contribution in [-0.4, -0.2) is 16.2 Å². The van der Waals surface area contributed by atoms with Gasteiger partial charge in [0.25, 0.3) is 0 Å². The number of allylic oxidation sites excluding steroid dienone is 2. The van der Waals surface area contributed by atoms with Crippen LogP contribution in [0.3, 0.4) is 0 Å². The Kier molecular flexibility index (Phi) is 7.24. The highest BCUT2D eigenvalue weighted by atomic mass is 15.1. The van der Waals surface area contributed by atoms with E-state index in [1.807, 2.05) is 60.7 Å². The van der Waals surface area contributed by atoms with E-state index in [4.69, 9.17) is 15.7 Å². The van der Waals surface area contributed by atoms with Gasteiger partial charge < -0.3 is 15.6 Å². The van der Waals surface area contributed by atoms with Crippen LogP contribution in [0.2, 0.25) is 0 Å². The molecule has 0 spiro atoms. The van der Waals surface area contributed by atoms with Crippen molar-refractivity contribution in [2.75, 3.05) is 5.32 Å². The number of hydrogen-bond donors (Lipinski definition) is 2. The Labute approximate surface area is 291 Å². The van der Waals surface area contributed by atoms with Crippen molar-refractivity contribution in [3.05, 3.63) is 198 Å². The topological polar surface area (TPSA) is 67.7 Å². The van der Waals surface area contributed by atoms with Gasteiger partial charge in [0, 0.05) is 33.5 Å². The van der Waals surface area contributed by atoms with E-state index in [1.54, 1.807) is 0 Å². The molecule has 5 nitrogen and oxygen atoms in total. The second-order valence-electron chi connectivity index (χ2n) is 12.9. The van der Waals surface area contributed by atoms with Gasteiger partial charge in [-0.1, -0.05) is 146 Å². The van der Waals surface area contributed by atoms with Gasteiger partial charge in [0.1, 0.15) is 12.5 Å². The van der Waals surface area contributed by atoms with Gasteiger partial charge in [-0.15, -0.1) is 0 Å². The Morgan fingerprint density at radius 1 is 0.660 bits per heavy atom. The largest absolute Gasteiger partial charge is 0.383 e. The number of aromatic nitrogens is 1. The lowest BCUT2D eigenvalue weighted by Gasteiger charge is -2.51. The average molecular weight is 646 g/mol. The van der Waals surface area contributed by atoms with E-state index in [0.29, 0.717) is 18.3 Å². The molecule has 6 aromatic carbocycles. The first-order valence-corrected chi connectivity index (χ1v) is 17.0. The van der Waals surface area contributed by atoms with Gasteiger partial charge in [-0.25, -0.2) is 9.98 Å². The minimum Gasteiger partial charge on any atom is -0.383 e. The maximum Gasteiger partial charge on any atom is 0.158 e.